The lowest BCUT2D eigenvalue weighted by atomic mass is 10.0. The number of carbonyl (C=O) groups excluding carboxylic acids is 1. The maximum atomic E-state index is 13.7. The van der Waals surface area contributed by atoms with E-state index in [1.807, 2.05) is 31.2 Å². The molecule has 9 nitrogen and oxygen atoms in total. The van der Waals surface area contributed by atoms with Crippen molar-refractivity contribution in [1.82, 2.24) is 19.6 Å². The third-order valence-corrected chi connectivity index (χ3v) is 8.74. The molecule has 10 heteroatoms. The standard InChI is InChI=1S/C32H42N4O5S/c1-4-27-30(32(37)35-15-18-40-19-16-35)33-36(31(27)28-10-5-6-11-29(28)42(38)39)25-9-7-8-24(20-25)21-34-14-12-26(22-34)41-17-13-23(2)3/h5-11,20,23,26H,4,12-19,21-22H2,1-3H3,(H,38,39). The van der Waals surface area contributed by atoms with E-state index in [2.05, 4.69) is 30.9 Å². The largest absolute Gasteiger partial charge is 0.378 e. The third kappa shape index (κ3) is 7.01. The highest BCUT2D eigenvalue weighted by Crippen LogP contribution is 2.34. The van der Waals surface area contributed by atoms with Gasteiger partial charge < -0.3 is 18.9 Å². The van der Waals surface area contributed by atoms with Crippen LogP contribution in [0.2, 0.25) is 0 Å². The van der Waals surface area contributed by atoms with Gasteiger partial charge in [-0.1, -0.05) is 51.1 Å². The minimum atomic E-state index is -2.21. The first-order chi connectivity index (χ1) is 20.4. The zero-order valence-corrected chi connectivity index (χ0v) is 25.6. The SMILES string of the molecule is CCc1c(C(=O)N2CCOCC2)nn(-c2cccc(CN3CCC(OCCC(C)C)C3)c2)c1-c1ccccc1S(=O)O. The molecule has 2 aromatic carbocycles. The van der Waals surface area contributed by atoms with Crippen LogP contribution in [0, 0.1) is 5.92 Å². The second kappa shape index (κ2) is 14.1. The highest BCUT2D eigenvalue weighted by atomic mass is 32.2. The van der Waals surface area contributed by atoms with Crippen molar-refractivity contribution in [3.8, 4) is 16.9 Å². The van der Waals surface area contributed by atoms with Crippen molar-refractivity contribution in [1.29, 1.82) is 0 Å². The van der Waals surface area contributed by atoms with E-state index in [1.165, 1.54) is 0 Å². The molecule has 226 valence electrons. The lowest BCUT2D eigenvalue weighted by Gasteiger charge is -2.26. The summed E-state index contributed by atoms with van der Waals surface area (Å²) in [6.07, 6.45) is 2.91. The molecule has 5 rings (SSSR count). The van der Waals surface area contributed by atoms with Crippen molar-refractivity contribution in [3.63, 3.8) is 0 Å². The molecular weight excluding hydrogens is 552 g/mol. The molecule has 0 saturated carbocycles. The Labute approximate surface area is 251 Å². The molecule has 0 aliphatic carbocycles. The Hall–Kier alpha value is -2.89. The first kappa shape index (κ1) is 30.6. The van der Waals surface area contributed by atoms with Crippen LogP contribution in [0.15, 0.2) is 53.4 Å². The van der Waals surface area contributed by atoms with Crippen LogP contribution in [0.1, 0.15) is 55.2 Å². The summed E-state index contributed by atoms with van der Waals surface area (Å²) in [4.78, 5) is 18.2. The Morgan fingerprint density at radius 2 is 1.93 bits per heavy atom. The van der Waals surface area contributed by atoms with Gasteiger partial charge in [-0.2, -0.15) is 5.10 Å². The number of rotatable bonds is 11. The van der Waals surface area contributed by atoms with Gasteiger partial charge in [0.1, 0.15) is 0 Å². The molecule has 0 spiro atoms. The van der Waals surface area contributed by atoms with Gasteiger partial charge in [0.15, 0.2) is 16.8 Å². The van der Waals surface area contributed by atoms with Gasteiger partial charge in [-0.15, -0.1) is 0 Å². The van der Waals surface area contributed by atoms with Crippen LogP contribution in [0.25, 0.3) is 16.9 Å². The first-order valence-electron chi connectivity index (χ1n) is 15.0. The van der Waals surface area contributed by atoms with E-state index in [1.54, 1.807) is 21.7 Å². The van der Waals surface area contributed by atoms with Gasteiger partial charge in [0.05, 0.1) is 35.6 Å². The van der Waals surface area contributed by atoms with Gasteiger partial charge in [0.25, 0.3) is 5.91 Å². The highest BCUT2D eigenvalue weighted by Gasteiger charge is 2.30. The van der Waals surface area contributed by atoms with Gasteiger partial charge in [-0.3, -0.25) is 9.69 Å². The topological polar surface area (TPSA) is 97.1 Å². The molecule has 2 aliphatic rings. The number of nitrogens with zero attached hydrogens (tertiary/aromatic N) is 4. The maximum absolute atomic E-state index is 13.7. The number of benzene rings is 2. The molecule has 0 radical (unpaired) electrons. The molecule has 1 amide bonds. The van der Waals surface area contributed by atoms with Crippen molar-refractivity contribution < 1.29 is 23.0 Å². The molecular formula is C32H42N4O5S. The number of hydrogen-bond acceptors (Lipinski definition) is 6. The second-order valence-electron chi connectivity index (χ2n) is 11.5. The fourth-order valence-corrected chi connectivity index (χ4v) is 6.29. The summed E-state index contributed by atoms with van der Waals surface area (Å²) in [5.74, 6) is 0.495. The number of amides is 1. The summed E-state index contributed by atoms with van der Waals surface area (Å²) in [7, 11) is 0. The molecule has 2 unspecified atom stereocenters. The molecule has 1 N–H and O–H groups in total. The monoisotopic (exact) mass is 594 g/mol. The Balaban J connectivity index is 1.48. The van der Waals surface area contributed by atoms with Gasteiger partial charge in [0, 0.05) is 50.5 Å². The van der Waals surface area contributed by atoms with Crippen molar-refractivity contribution in [2.75, 3.05) is 46.0 Å². The van der Waals surface area contributed by atoms with E-state index in [4.69, 9.17) is 14.6 Å². The Bertz CT molecular complexity index is 1400. The van der Waals surface area contributed by atoms with E-state index >= 15 is 0 Å². The summed E-state index contributed by atoms with van der Waals surface area (Å²) < 4.78 is 35.9. The van der Waals surface area contributed by atoms with E-state index in [-0.39, 0.29) is 16.9 Å². The molecule has 2 saturated heterocycles. The number of aromatic nitrogens is 2. The lowest BCUT2D eigenvalue weighted by Crippen LogP contribution is -2.41. The van der Waals surface area contributed by atoms with Gasteiger partial charge in [0.2, 0.25) is 0 Å². The minimum absolute atomic E-state index is 0.144. The van der Waals surface area contributed by atoms with Crippen molar-refractivity contribution in [2.45, 2.75) is 57.6 Å². The third-order valence-electron chi connectivity index (χ3n) is 8.01. The van der Waals surface area contributed by atoms with Crippen LogP contribution in [0.3, 0.4) is 0 Å². The maximum Gasteiger partial charge on any atom is 0.274 e. The van der Waals surface area contributed by atoms with E-state index in [0.29, 0.717) is 55.6 Å². The highest BCUT2D eigenvalue weighted by molar-refractivity contribution is 7.79. The summed E-state index contributed by atoms with van der Waals surface area (Å²) in [6.45, 7) is 11.9. The van der Waals surface area contributed by atoms with Crippen LogP contribution in [0.5, 0.6) is 0 Å². The number of morpholine rings is 1. The normalized spacial score (nSPS) is 18.6. The molecule has 3 heterocycles. The van der Waals surface area contributed by atoms with Crippen LogP contribution < -0.4 is 0 Å². The van der Waals surface area contributed by atoms with Crippen LogP contribution >= 0.6 is 0 Å². The van der Waals surface area contributed by atoms with Crippen molar-refractivity contribution >= 4 is 17.0 Å². The predicted molar refractivity (Wildman–Crippen MR) is 163 cm³/mol. The molecule has 2 atom stereocenters. The minimum Gasteiger partial charge on any atom is -0.378 e. The Kier molecular flexibility index (Phi) is 10.2. The predicted octanol–water partition coefficient (Wildman–Crippen LogP) is 4.79. The Morgan fingerprint density at radius 3 is 2.67 bits per heavy atom. The van der Waals surface area contributed by atoms with E-state index < -0.39 is 11.1 Å². The summed E-state index contributed by atoms with van der Waals surface area (Å²) in [5.41, 5.74) is 4.34. The van der Waals surface area contributed by atoms with Crippen LogP contribution in [-0.2, 0) is 33.5 Å². The van der Waals surface area contributed by atoms with Crippen molar-refractivity contribution in [3.05, 3.63) is 65.4 Å². The summed E-state index contributed by atoms with van der Waals surface area (Å²) in [5, 5.41) is 4.91. The molecule has 2 fully saturated rings. The average Bonchev–Trinajstić information content (AvgIpc) is 3.61. The quantitative estimate of drug-likeness (QED) is 0.319. The average molecular weight is 595 g/mol. The fourth-order valence-electron chi connectivity index (χ4n) is 5.74. The molecule has 2 aliphatic heterocycles. The van der Waals surface area contributed by atoms with E-state index in [0.717, 1.165) is 55.9 Å². The second-order valence-corrected chi connectivity index (χ2v) is 12.4. The molecule has 3 aromatic rings. The van der Waals surface area contributed by atoms with E-state index in [9.17, 15) is 13.6 Å². The smallest absolute Gasteiger partial charge is 0.274 e. The number of likely N-dealkylation sites (tertiary alicyclic amines) is 1. The van der Waals surface area contributed by atoms with Gasteiger partial charge >= 0.3 is 0 Å². The molecule has 0 bridgehead atoms. The van der Waals surface area contributed by atoms with Crippen LogP contribution in [0.4, 0.5) is 0 Å². The number of hydrogen-bond donors (Lipinski definition) is 1. The number of ether oxygens (including phenoxy) is 2. The van der Waals surface area contributed by atoms with Crippen molar-refractivity contribution in [2.24, 2.45) is 5.92 Å². The first-order valence-corrected chi connectivity index (χ1v) is 16.1. The fraction of sp³-hybridized carbons (Fsp3) is 0.500. The zero-order chi connectivity index (χ0) is 29.6. The lowest BCUT2D eigenvalue weighted by molar-refractivity contribution is 0.0298. The Morgan fingerprint density at radius 1 is 1.14 bits per heavy atom. The molecule has 1 aromatic heterocycles. The van der Waals surface area contributed by atoms with Gasteiger partial charge in [-0.25, -0.2) is 8.89 Å². The summed E-state index contributed by atoms with van der Waals surface area (Å²) in [6, 6.07) is 15.3. The zero-order valence-electron chi connectivity index (χ0n) is 24.8. The van der Waals surface area contributed by atoms with Crippen LogP contribution in [-0.4, -0.2) is 86.4 Å². The number of carbonyl (C=O) groups is 1. The van der Waals surface area contributed by atoms with Gasteiger partial charge in [-0.05, 0) is 48.9 Å². The summed E-state index contributed by atoms with van der Waals surface area (Å²) >= 11 is -2.21. The molecule has 42 heavy (non-hydrogen) atoms.